The Morgan fingerprint density at radius 1 is 1.32 bits per heavy atom. The summed E-state index contributed by atoms with van der Waals surface area (Å²) in [6, 6.07) is 5.98. The Morgan fingerprint density at radius 2 is 2.11 bits per heavy atom. The van der Waals surface area contributed by atoms with Crippen LogP contribution in [-0.2, 0) is 13.0 Å². The first-order valence-electron chi connectivity index (χ1n) is 6.24. The van der Waals surface area contributed by atoms with Gasteiger partial charge in [-0.3, -0.25) is 0 Å². The van der Waals surface area contributed by atoms with Crippen LogP contribution in [0, 0.1) is 0 Å². The second kappa shape index (κ2) is 6.42. The molecule has 2 N–H and O–H groups in total. The molecule has 0 saturated carbocycles. The molecule has 0 fully saturated rings. The maximum Gasteiger partial charge on any atom is 0.110 e. The number of nitrogens with zero attached hydrogens (tertiary/aromatic N) is 1. The lowest BCUT2D eigenvalue weighted by molar-refractivity contribution is 0.582. The Bertz CT molecular complexity index is 549. The highest BCUT2D eigenvalue weighted by molar-refractivity contribution is 6.35. The summed E-state index contributed by atoms with van der Waals surface area (Å²) in [6.45, 7) is 5.02. The Balaban J connectivity index is 2.03. The van der Waals surface area contributed by atoms with Crippen LogP contribution in [0.3, 0.4) is 0 Å². The third kappa shape index (κ3) is 4.23. The molecule has 102 valence electrons. The Hall–Kier alpha value is -1.03. The highest BCUT2D eigenvalue weighted by atomic mass is 35.5. The first-order valence-corrected chi connectivity index (χ1v) is 7.00. The number of halogens is 2. The molecule has 1 aromatic heterocycles. The lowest BCUT2D eigenvalue weighted by Crippen LogP contribution is -2.21. The predicted molar refractivity (Wildman–Crippen MR) is 79.8 cm³/mol. The summed E-state index contributed by atoms with van der Waals surface area (Å²) in [6.07, 6.45) is 2.53. The van der Waals surface area contributed by atoms with Gasteiger partial charge in [0.05, 0.1) is 0 Å². The molecule has 3 nitrogen and oxygen atoms in total. The Morgan fingerprint density at radius 3 is 2.79 bits per heavy atom. The monoisotopic (exact) mass is 297 g/mol. The molecule has 0 aliphatic heterocycles. The maximum atomic E-state index is 6.15. The molecular formula is C14H17Cl2N3. The van der Waals surface area contributed by atoms with E-state index in [1.165, 1.54) is 0 Å². The maximum absolute atomic E-state index is 6.15. The number of imidazole rings is 1. The standard InChI is InChI=1S/C14H17Cl2N3/c1-9(2)17-7-12-8-18-14(19-12)5-10-3-4-11(15)6-13(10)16/h3-4,6,8-9,17H,5,7H2,1-2H3,(H,18,19). The zero-order valence-electron chi connectivity index (χ0n) is 11.0. The van der Waals surface area contributed by atoms with Crippen LogP contribution in [0.4, 0.5) is 0 Å². The highest BCUT2D eigenvalue weighted by Gasteiger charge is 2.06. The van der Waals surface area contributed by atoms with Gasteiger partial charge in [0.15, 0.2) is 0 Å². The molecule has 0 saturated heterocycles. The quantitative estimate of drug-likeness (QED) is 0.881. The largest absolute Gasteiger partial charge is 0.345 e. The van der Waals surface area contributed by atoms with E-state index in [0.717, 1.165) is 23.6 Å². The fraction of sp³-hybridized carbons (Fsp3) is 0.357. The van der Waals surface area contributed by atoms with Gasteiger partial charge in [-0.1, -0.05) is 43.1 Å². The summed E-state index contributed by atoms with van der Waals surface area (Å²) in [5.41, 5.74) is 2.09. The molecule has 0 aliphatic rings. The summed E-state index contributed by atoms with van der Waals surface area (Å²) < 4.78 is 0. The van der Waals surface area contributed by atoms with Gasteiger partial charge in [0, 0.05) is 40.9 Å². The van der Waals surface area contributed by atoms with Crippen LogP contribution in [0.15, 0.2) is 24.4 Å². The summed E-state index contributed by atoms with van der Waals surface area (Å²) >= 11 is 12.0. The zero-order chi connectivity index (χ0) is 13.8. The van der Waals surface area contributed by atoms with Crippen LogP contribution < -0.4 is 5.32 Å². The van der Waals surface area contributed by atoms with E-state index in [1.807, 2.05) is 18.3 Å². The summed E-state index contributed by atoms with van der Waals surface area (Å²) in [7, 11) is 0. The molecule has 0 radical (unpaired) electrons. The van der Waals surface area contributed by atoms with Crippen LogP contribution in [0.5, 0.6) is 0 Å². The number of hydrogen-bond donors (Lipinski definition) is 2. The molecule has 0 atom stereocenters. The van der Waals surface area contributed by atoms with E-state index in [1.54, 1.807) is 6.07 Å². The molecule has 5 heteroatoms. The number of benzene rings is 1. The topological polar surface area (TPSA) is 40.7 Å². The molecule has 0 spiro atoms. The molecule has 0 unspecified atom stereocenters. The second-order valence-electron chi connectivity index (χ2n) is 4.80. The van der Waals surface area contributed by atoms with Gasteiger partial charge in [-0.25, -0.2) is 4.98 Å². The fourth-order valence-electron chi connectivity index (χ4n) is 1.74. The van der Waals surface area contributed by atoms with Gasteiger partial charge in [-0.05, 0) is 17.7 Å². The highest BCUT2D eigenvalue weighted by Crippen LogP contribution is 2.22. The van der Waals surface area contributed by atoms with E-state index in [0.29, 0.717) is 22.5 Å². The van der Waals surface area contributed by atoms with Gasteiger partial charge < -0.3 is 10.3 Å². The van der Waals surface area contributed by atoms with E-state index in [9.17, 15) is 0 Å². The van der Waals surface area contributed by atoms with Crippen LogP contribution in [-0.4, -0.2) is 16.0 Å². The molecular weight excluding hydrogens is 281 g/mol. The molecule has 0 aliphatic carbocycles. The third-order valence-corrected chi connectivity index (χ3v) is 3.34. The normalized spacial score (nSPS) is 11.2. The molecule has 2 aromatic rings. The molecule has 0 amide bonds. The molecule has 19 heavy (non-hydrogen) atoms. The average molecular weight is 298 g/mol. The van der Waals surface area contributed by atoms with Gasteiger partial charge in [-0.2, -0.15) is 0 Å². The average Bonchev–Trinajstić information content (AvgIpc) is 2.78. The van der Waals surface area contributed by atoms with Crippen molar-refractivity contribution in [3.63, 3.8) is 0 Å². The van der Waals surface area contributed by atoms with Crippen molar-refractivity contribution in [3.8, 4) is 0 Å². The smallest absolute Gasteiger partial charge is 0.110 e. The lowest BCUT2D eigenvalue weighted by Gasteiger charge is -2.05. The minimum atomic E-state index is 0.456. The predicted octanol–water partition coefficient (Wildman–Crippen LogP) is 3.81. The van der Waals surface area contributed by atoms with Crippen molar-refractivity contribution >= 4 is 23.2 Å². The number of aromatic amines is 1. The van der Waals surface area contributed by atoms with Gasteiger partial charge in [-0.15, -0.1) is 0 Å². The van der Waals surface area contributed by atoms with Crippen LogP contribution >= 0.6 is 23.2 Å². The SMILES string of the molecule is CC(C)NCc1cnc(Cc2ccc(Cl)cc2Cl)[nH]1. The van der Waals surface area contributed by atoms with Crippen molar-refractivity contribution in [1.82, 2.24) is 15.3 Å². The van der Waals surface area contributed by atoms with Crippen molar-refractivity contribution in [3.05, 3.63) is 51.5 Å². The minimum Gasteiger partial charge on any atom is -0.345 e. The van der Waals surface area contributed by atoms with E-state index >= 15 is 0 Å². The number of hydrogen-bond acceptors (Lipinski definition) is 2. The molecule has 1 heterocycles. The van der Waals surface area contributed by atoms with E-state index in [2.05, 4.69) is 29.1 Å². The van der Waals surface area contributed by atoms with Crippen molar-refractivity contribution in [2.45, 2.75) is 32.9 Å². The first-order chi connectivity index (χ1) is 9.04. The molecule has 1 aromatic carbocycles. The Labute approximate surface area is 123 Å². The number of rotatable bonds is 5. The van der Waals surface area contributed by atoms with Crippen molar-refractivity contribution in [1.29, 1.82) is 0 Å². The van der Waals surface area contributed by atoms with Gasteiger partial charge >= 0.3 is 0 Å². The first kappa shape index (κ1) is 14.4. The van der Waals surface area contributed by atoms with E-state index in [-0.39, 0.29) is 0 Å². The Kier molecular flexibility index (Phi) is 4.86. The van der Waals surface area contributed by atoms with Crippen molar-refractivity contribution in [2.75, 3.05) is 0 Å². The van der Waals surface area contributed by atoms with Crippen molar-refractivity contribution < 1.29 is 0 Å². The van der Waals surface area contributed by atoms with E-state index < -0.39 is 0 Å². The summed E-state index contributed by atoms with van der Waals surface area (Å²) in [5, 5.41) is 4.66. The fourth-order valence-corrected chi connectivity index (χ4v) is 2.22. The second-order valence-corrected chi connectivity index (χ2v) is 5.65. The number of nitrogens with one attached hydrogen (secondary N) is 2. The van der Waals surface area contributed by atoms with Gasteiger partial charge in [0.1, 0.15) is 5.82 Å². The number of aromatic nitrogens is 2. The minimum absolute atomic E-state index is 0.456. The van der Waals surface area contributed by atoms with Gasteiger partial charge in [0.2, 0.25) is 0 Å². The summed E-state index contributed by atoms with van der Waals surface area (Å²) in [5.74, 6) is 0.907. The summed E-state index contributed by atoms with van der Waals surface area (Å²) in [4.78, 5) is 7.66. The molecule has 2 rings (SSSR count). The van der Waals surface area contributed by atoms with Crippen LogP contribution in [0.2, 0.25) is 10.0 Å². The van der Waals surface area contributed by atoms with Crippen LogP contribution in [0.1, 0.15) is 30.9 Å². The molecule has 0 bridgehead atoms. The number of H-pyrrole nitrogens is 1. The van der Waals surface area contributed by atoms with Crippen LogP contribution in [0.25, 0.3) is 0 Å². The third-order valence-electron chi connectivity index (χ3n) is 2.75. The van der Waals surface area contributed by atoms with Gasteiger partial charge in [0.25, 0.3) is 0 Å². The van der Waals surface area contributed by atoms with E-state index in [4.69, 9.17) is 23.2 Å². The van der Waals surface area contributed by atoms with Crippen molar-refractivity contribution in [2.24, 2.45) is 0 Å². The lowest BCUT2D eigenvalue weighted by atomic mass is 10.1. The zero-order valence-corrected chi connectivity index (χ0v) is 12.5.